The van der Waals surface area contributed by atoms with Gasteiger partial charge < -0.3 is 4.74 Å². The number of hydrogen-bond donors (Lipinski definition) is 0. The average Bonchev–Trinajstić information content (AvgIpc) is 3.29. The standard InChI is InChI=1S/C19H31N3OS/c1-2-8-20(7-1)15-18-3-4-19(24-18)16-21-9-11-22(12-10-21)17-5-13-23-14-6-17/h3-4,17H,1-2,5-16H2. The number of likely N-dealkylation sites (tertiary alicyclic amines) is 1. The molecule has 5 heteroatoms. The minimum atomic E-state index is 0.773. The van der Waals surface area contributed by atoms with E-state index in [9.17, 15) is 0 Å². The molecule has 0 atom stereocenters. The van der Waals surface area contributed by atoms with Crippen molar-refractivity contribution in [2.45, 2.75) is 44.8 Å². The molecule has 1 aromatic rings. The summed E-state index contributed by atoms with van der Waals surface area (Å²) in [4.78, 5) is 11.0. The van der Waals surface area contributed by atoms with Crippen LogP contribution in [0.4, 0.5) is 0 Å². The summed E-state index contributed by atoms with van der Waals surface area (Å²) in [7, 11) is 0. The molecular formula is C19H31N3OS. The molecule has 0 bridgehead atoms. The van der Waals surface area contributed by atoms with Crippen molar-refractivity contribution < 1.29 is 4.74 Å². The highest BCUT2D eigenvalue weighted by Gasteiger charge is 2.25. The van der Waals surface area contributed by atoms with E-state index in [1.54, 1.807) is 9.75 Å². The average molecular weight is 350 g/mol. The van der Waals surface area contributed by atoms with Crippen LogP contribution in [0.1, 0.15) is 35.4 Å². The molecule has 0 saturated carbocycles. The molecule has 0 aromatic carbocycles. The van der Waals surface area contributed by atoms with Crippen molar-refractivity contribution in [2.75, 3.05) is 52.5 Å². The maximum atomic E-state index is 5.50. The van der Waals surface area contributed by atoms with E-state index in [0.29, 0.717) is 0 Å². The summed E-state index contributed by atoms with van der Waals surface area (Å²) >= 11 is 2.03. The Labute approximate surface area is 150 Å². The van der Waals surface area contributed by atoms with Crippen LogP contribution in [-0.4, -0.2) is 73.2 Å². The molecule has 24 heavy (non-hydrogen) atoms. The van der Waals surface area contributed by atoms with Crippen LogP contribution < -0.4 is 0 Å². The van der Waals surface area contributed by atoms with E-state index in [-0.39, 0.29) is 0 Å². The quantitative estimate of drug-likeness (QED) is 0.813. The minimum absolute atomic E-state index is 0.773. The first-order chi connectivity index (χ1) is 11.9. The van der Waals surface area contributed by atoms with E-state index in [4.69, 9.17) is 4.74 Å². The lowest BCUT2D eigenvalue weighted by molar-refractivity contribution is 0.0127. The number of ether oxygens (including phenoxy) is 1. The fourth-order valence-electron chi connectivity index (χ4n) is 4.31. The zero-order chi connectivity index (χ0) is 16.2. The van der Waals surface area contributed by atoms with Crippen LogP contribution in [0, 0.1) is 0 Å². The second kappa shape index (κ2) is 8.28. The Morgan fingerprint density at radius 2 is 1.42 bits per heavy atom. The van der Waals surface area contributed by atoms with Gasteiger partial charge in [0.2, 0.25) is 0 Å². The van der Waals surface area contributed by atoms with E-state index < -0.39 is 0 Å². The van der Waals surface area contributed by atoms with Crippen LogP contribution >= 0.6 is 11.3 Å². The van der Waals surface area contributed by atoms with Gasteiger partial charge >= 0.3 is 0 Å². The molecule has 1 aromatic heterocycles. The Kier molecular flexibility index (Phi) is 5.86. The summed E-state index contributed by atoms with van der Waals surface area (Å²) in [5.74, 6) is 0. The third-order valence-electron chi connectivity index (χ3n) is 5.79. The van der Waals surface area contributed by atoms with Crippen LogP contribution in [-0.2, 0) is 17.8 Å². The van der Waals surface area contributed by atoms with Gasteiger partial charge in [0.05, 0.1) is 0 Å². The van der Waals surface area contributed by atoms with Crippen molar-refractivity contribution in [3.8, 4) is 0 Å². The zero-order valence-corrected chi connectivity index (χ0v) is 15.6. The van der Waals surface area contributed by atoms with Gasteiger partial charge in [-0.25, -0.2) is 0 Å². The molecule has 3 aliphatic heterocycles. The van der Waals surface area contributed by atoms with Gasteiger partial charge in [0, 0.05) is 68.3 Å². The Hall–Kier alpha value is -0.460. The SMILES string of the molecule is c1cc(CN2CCN(C3CCOCC3)CC2)sc1CN1CCCC1. The highest BCUT2D eigenvalue weighted by Crippen LogP contribution is 2.23. The number of hydrogen-bond acceptors (Lipinski definition) is 5. The lowest BCUT2D eigenvalue weighted by Gasteiger charge is -2.40. The van der Waals surface area contributed by atoms with Gasteiger partial charge in [0.25, 0.3) is 0 Å². The summed E-state index contributed by atoms with van der Waals surface area (Å²) in [6.45, 7) is 11.7. The van der Waals surface area contributed by atoms with Crippen LogP contribution in [0.25, 0.3) is 0 Å². The van der Waals surface area contributed by atoms with Gasteiger partial charge in [0.15, 0.2) is 0 Å². The maximum absolute atomic E-state index is 5.50. The molecule has 0 amide bonds. The fraction of sp³-hybridized carbons (Fsp3) is 0.789. The first-order valence-electron chi connectivity index (χ1n) is 9.71. The molecule has 3 saturated heterocycles. The largest absolute Gasteiger partial charge is 0.381 e. The predicted octanol–water partition coefficient (Wildman–Crippen LogP) is 2.64. The molecule has 0 radical (unpaired) electrons. The molecule has 0 aliphatic carbocycles. The first kappa shape index (κ1) is 17.0. The highest BCUT2D eigenvalue weighted by atomic mass is 32.1. The lowest BCUT2D eigenvalue weighted by Crippen LogP contribution is -2.51. The summed E-state index contributed by atoms with van der Waals surface area (Å²) < 4.78 is 5.50. The highest BCUT2D eigenvalue weighted by molar-refractivity contribution is 7.11. The van der Waals surface area contributed by atoms with E-state index in [1.165, 1.54) is 71.5 Å². The third-order valence-corrected chi connectivity index (χ3v) is 6.84. The molecule has 0 N–H and O–H groups in total. The molecule has 3 aliphatic rings. The molecule has 134 valence electrons. The van der Waals surface area contributed by atoms with Gasteiger partial charge in [-0.3, -0.25) is 14.7 Å². The molecule has 0 unspecified atom stereocenters. The van der Waals surface area contributed by atoms with Crippen LogP contribution in [0.15, 0.2) is 12.1 Å². The monoisotopic (exact) mass is 349 g/mol. The smallest absolute Gasteiger partial charge is 0.0480 e. The Balaban J connectivity index is 1.22. The molecule has 3 fully saturated rings. The molecule has 4 heterocycles. The number of piperazine rings is 1. The zero-order valence-electron chi connectivity index (χ0n) is 14.8. The first-order valence-corrected chi connectivity index (χ1v) is 10.5. The lowest BCUT2D eigenvalue weighted by atomic mass is 10.1. The van der Waals surface area contributed by atoms with Crippen molar-refractivity contribution in [2.24, 2.45) is 0 Å². The molecule has 4 nitrogen and oxygen atoms in total. The predicted molar refractivity (Wildman–Crippen MR) is 99.5 cm³/mol. The number of nitrogens with zero attached hydrogens (tertiary/aromatic N) is 3. The van der Waals surface area contributed by atoms with Gasteiger partial charge in [-0.15, -0.1) is 11.3 Å². The Bertz CT molecular complexity index is 500. The number of rotatable bonds is 5. The van der Waals surface area contributed by atoms with Crippen molar-refractivity contribution >= 4 is 11.3 Å². The van der Waals surface area contributed by atoms with Crippen LogP contribution in [0.2, 0.25) is 0 Å². The van der Waals surface area contributed by atoms with Crippen LogP contribution in [0.5, 0.6) is 0 Å². The Morgan fingerprint density at radius 3 is 2.04 bits per heavy atom. The fourth-order valence-corrected chi connectivity index (χ4v) is 5.41. The van der Waals surface area contributed by atoms with E-state index in [2.05, 4.69) is 26.8 Å². The topological polar surface area (TPSA) is 19.0 Å². The summed E-state index contributed by atoms with van der Waals surface area (Å²) in [6.07, 6.45) is 5.22. The maximum Gasteiger partial charge on any atom is 0.0480 e. The summed E-state index contributed by atoms with van der Waals surface area (Å²) in [5.41, 5.74) is 0. The van der Waals surface area contributed by atoms with E-state index in [1.807, 2.05) is 11.3 Å². The van der Waals surface area contributed by atoms with Gasteiger partial charge in [-0.2, -0.15) is 0 Å². The summed E-state index contributed by atoms with van der Waals surface area (Å²) in [6, 6.07) is 5.49. The van der Waals surface area contributed by atoms with Gasteiger partial charge in [0.1, 0.15) is 0 Å². The van der Waals surface area contributed by atoms with E-state index >= 15 is 0 Å². The van der Waals surface area contributed by atoms with Crippen molar-refractivity contribution in [3.63, 3.8) is 0 Å². The number of thiophene rings is 1. The van der Waals surface area contributed by atoms with E-state index in [0.717, 1.165) is 25.8 Å². The molecular weight excluding hydrogens is 318 g/mol. The summed E-state index contributed by atoms with van der Waals surface area (Å²) in [5, 5.41) is 0. The van der Waals surface area contributed by atoms with Gasteiger partial charge in [-0.1, -0.05) is 0 Å². The Morgan fingerprint density at radius 1 is 0.833 bits per heavy atom. The van der Waals surface area contributed by atoms with Crippen molar-refractivity contribution in [1.29, 1.82) is 0 Å². The van der Waals surface area contributed by atoms with Crippen LogP contribution in [0.3, 0.4) is 0 Å². The molecule has 4 rings (SSSR count). The van der Waals surface area contributed by atoms with Crippen molar-refractivity contribution in [3.05, 3.63) is 21.9 Å². The minimum Gasteiger partial charge on any atom is -0.381 e. The third kappa shape index (κ3) is 4.38. The van der Waals surface area contributed by atoms with Crippen molar-refractivity contribution in [1.82, 2.24) is 14.7 Å². The normalized spacial score (nSPS) is 25.5. The van der Waals surface area contributed by atoms with Gasteiger partial charge in [-0.05, 0) is 50.9 Å². The second-order valence-electron chi connectivity index (χ2n) is 7.51. The second-order valence-corrected chi connectivity index (χ2v) is 8.76. The molecule has 0 spiro atoms.